The van der Waals surface area contributed by atoms with E-state index in [9.17, 15) is 0 Å². The summed E-state index contributed by atoms with van der Waals surface area (Å²) in [4.78, 5) is 3.21. The fraction of sp³-hybridized carbons (Fsp3) is 0.333. The van der Waals surface area contributed by atoms with Crippen LogP contribution in [0.2, 0.25) is 5.02 Å². The number of aromatic nitrogens is 1. The summed E-state index contributed by atoms with van der Waals surface area (Å²) < 4.78 is 4.98. The second kappa shape index (κ2) is 5.34. The molecule has 0 unspecified atom stereocenters. The Labute approximate surface area is 99.7 Å². The van der Waals surface area contributed by atoms with Crippen LogP contribution < -0.4 is 5.32 Å². The number of rotatable bonds is 5. The molecule has 0 amide bonds. The van der Waals surface area contributed by atoms with Gasteiger partial charge in [0.25, 0.3) is 0 Å². The molecule has 16 heavy (non-hydrogen) atoms. The first-order valence-electron chi connectivity index (χ1n) is 5.26. The van der Waals surface area contributed by atoms with Crippen LogP contribution in [0.5, 0.6) is 0 Å². The van der Waals surface area contributed by atoms with Gasteiger partial charge in [0.1, 0.15) is 0 Å². The number of benzene rings is 1. The first-order valence-corrected chi connectivity index (χ1v) is 5.64. The lowest BCUT2D eigenvalue weighted by Gasteiger charge is -2.02. The highest BCUT2D eigenvalue weighted by Crippen LogP contribution is 2.21. The van der Waals surface area contributed by atoms with E-state index in [0.717, 1.165) is 30.2 Å². The minimum atomic E-state index is 0.730. The molecule has 0 aliphatic heterocycles. The Morgan fingerprint density at radius 2 is 2.31 bits per heavy atom. The largest absolute Gasteiger partial charge is 0.383 e. The summed E-state index contributed by atoms with van der Waals surface area (Å²) in [5, 5.41) is 5.29. The van der Waals surface area contributed by atoms with Gasteiger partial charge in [-0.1, -0.05) is 17.7 Å². The Bertz CT molecular complexity index is 467. The lowest BCUT2D eigenvalue weighted by atomic mass is 10.2. The number of fused-ring (bicyclic) bond motifs is 1. The highest BCUT2D eigenvalue weighted by Gasteiger charge is 2.03. The van der Waals surface area contributed by atoms with E-state index < -0.39 is 0 Å². The highest BCUT2D eigenvalue weighted by atomic mass is 35.5. The average Bonchev–Trinajstić information content (AvgIpc) is 2.67. The predicted molar refractivity (Wildman–Crippen MR) is 66.9 cm³/mol. The van der Waals surface area contributed by atoms with Crippen LogP contribution in [-0.4, -0.2) is 25.2 Å². The minimum Gasteiger partial charge on any atom is -0.383 e. The molecule has 0 aliphatic carbocycles. The van der Waals surface area contributed by atoms with Crippen LogP contribution in [0.15, 0.2) is 24.4 Å². The first kappa shape index (κ1) is 11.5. The van der Waals surface area contributed by atoms with Gasteiger partial charge in [-0.15, -0.1) is 0 Å². The molecule has 0 fully saturated rings. The van der Waals surface area contributed by atoms with E-state index in [1.165, 1.54) is 10.9 Å². The monoisotopic (exact) mass is 238 g/mol. The summed E-state index contributed by atoms with van der Waals surface area (Å²) in [6.45, 7) is 2.43. The van der Waals surface area contributed by atoms with E-state index in [-0.39, 0.29) is 0 Å². The van der Waals surface area contributed by atoms with Crippen molar-refractivity contribution in [1.82, 2.24) is 10.3 Å². The molecule has 0 atom stereocenters. The Kier molecular flexibility index (Phi) is 3.83. The zero-order valence-corrected chi connectivity index (χ0v) is 9.97. The molecule has 86 valence electrons. The van der Waals surface area contributed by atoms with Gasteiger partial charge in [-0.2, -0.15) is 0 Å². The highest BCUT2D eigenvalue weighted by molar-refractivity contribution is 6.31. The average molecular weight is 239 g/mol. The van der Waals surface area contributed by atoms with Gasteiger partial charge in [0, 0.05) is 42.3 Å². The summed E-state index contributed by atoms with van der Waals surface area (Å²) in [5.41, 5.74) is 2.33. The van der Waals surface area contributed by atoms with E-state index in [1.807, 2.05) is 24.4 Å². The third-order valence-electron chi connectivity index (χ3n) is 2.53. The summed E-state index contributed by atoms with van der Waals surface area (Å²) in [5.74, 6) is 0. The molecule has 3 nitrogen and oxygen atoms in total. The fourth-order valence-corrected chi connectivity index (χ4v) is 1.87. The number of H-pyrrole nitrogens is 1. The summed E-state index contributed by atoms with van der Waals surface area (Å²) in [6.07, 6.45) is 2.01. The van der Waals surface area contributed by atoms with Gasteiger partial charge >= 0.3 is 0 Å². The Morgan fingerprint density at radius 1 is 1.44 bits per heavy atom. The molecule has 0 aliphatic rings. The maximum absolute atomic E-state index is 5.92. The lowest BCUT2D eigenvalue weighted by molar-refractivity contribution is 0.199. The van der Waals surface area contributed by atoms with Crippen molar-refractivity contribution in [1.29, 1.82) is 0 Å². The van der Waals surface area contributed by atoms with Crippen molar-refractivity contribution in [3.05, 3.63) is 35.0 Å². The van der Waals surface area contributed by atoms with Crippen LogP contribution in [0, 0.1) is 0 Å². The molecule has 1 heterocycles. The quantitative estimate of drug-likeness (QED) is 0.786. The van der Waals surface area contributed by atoms with Gasteiger partial charge in [0.2, 0.25) is 0 Å². The number of hydrogen-bond acceptors (Lipinski definition) is 2. The molecular weight excluding hydrogens is 224 g/mol. The molecule has 0 bridgehead atoms. The molecule has 2 aromatic rings. The Balaban J connectivity index is 2.07. The second-order valence-electron chi connectivity index (χ2n) is 3.67. The van der Waals surface area contributed by atoms with Crippen molar-refractivity contribution in [3.63, 3.8) is 0 Å². The maximum Gasteiger partial charge on any atom is 0.0587 e. The van der Waals surface area contributed by atoms with Crippen LogP contribution in [0.25, 0.3) is 10.9 Å². The van der Waals surface area contributed by atoms with Crippen molar-refractivity contribution in [2.24, 2.45) is 0 Å². The van der Waals surface area contributed by atoms with Crippen molar-refractivity contribution in [2.45, 2.75) is 6.54 Å². The van der Waals surface area contributed by atoms with Gasteiger partial charge in [-0.25, -0.2) is 0 Å². The van der Waals surface area contributed by atoms with Crippen molar-refractivity contribution in [3.8, 4) is 0 Å². The third kappa shape index (κ3) is 2.55. The van der Waals surface area contributed by atoms with Crippen LogP contribution in [0.1, 0.15) is 5.56 Å². The summed E-state index contributed by atoms with van der Waals surface area (Å²) in [6, 6.07) is 5.90. The van der Waals surface area contributed by atoms with Gasteiger partial charge in [-0.3, -0.25) is 0 Å². The van der Waals surface area contributed by atoms with E-state index in [0.29, 0.717) is 0 Å². The van der Waals surface area contributed by atoms with Crippen molar-refractivity contribution >= 4 is 22.5 Å². The zero-order valence-electron chi connectivity index (χ0n) is 9.22. The third-order valence-corrected chi connectivity index (χ3v) is 2.76. The summed E-state index contributed by atoms with van der Waals surface area (Å²) in [7, 11) is 1.70. The normalized spacial score (nSPS) is 11.1. The van der Waals surface area contributed by atoms with E-state index in [4.69, 9.17) is 16.3 Å². The molecule has 1 aromatic carbocycles. The van der Waals surface area contributed by atoms with Crippen LogP contribution >= 0.6 is 11.6 Å². The Morgan fingerprint density at radius 3 is 3.12 bits per heavy atom. The van der Waals surface area contributed by atoms with E-state index in [1.54, 1.807) is 7.11 Å². The number of hydrogen-bond donors (Lipinski definition) is 2. The predicted octanol–water partition coefficient (Wildman–Crippen LogP) is 2.56. The minimum absolute atomic E-state index is 0.730. The molecule has 1 aromatic heterocycles. The number of aromatic amines is 1. The number of ether oxygens (including phenoxy) is 1. The van der Waals surface area contributed by atoms with Crippen molar-refractivity contribution < 1.29 is 4.74 Å². The van der Waals surface area contributed by atoms with Gasteiger partial charge in [0.15, 0.2) is 0 Å². The molecule has 2 rings (SSSR count). The summed E-state index contributed by atoms with van der Waals surface area (Å²) >= 11 is 5.92. The molecule has 4 heteroatoms. The molecule has 0 saturated carbocycles. The van der Waals surface area contributed by atoms with Crippen LogP contribution in [0.4, 0.5) is 0 Å². The number of halogens is 1. The maximum atomic E-state index is 5.92. The fourth-order valence-electron chi connectivity index (χ4n) is 1.70. The first-order chi connectivity index (χ1) is 7.81. The van der Waals surface area contributed by atoms with Gasteiger partial charge in [0.05, 0.1) is 6.61 Å². The van der Waals surface area contributed by atoms with E-state index in [2.05, 4.69) is 10.3 Å². The SMILES string of the molecule is COCCNCc1c[nH]c2cc(Cl)ccc12. The topological polar surface area (TPSA) is 37.0 Å². The van der Waals surface area contributed by atoms with Crippen LogP contribution in [0.3, 0.4) is 0 Å². The number of methoxy groups -OCH3 is 1. The van der Waals surface area contributed by atoms with Crippen molar-refractivity contribution in [2.75, 3.05) is 20.3 Å². The van der Waals surface area contributed by atoms with Gasteiger partial charge < -0.3 is 15.0 Å². The van der Waals surface area contributed by atoms with E-state index >= 15 is 0 Å². The smallest absolute Gasteiger partial charge is 0.0587 e. The molecule has 0 radical (unpaired) electrons. The lowest BCUT2D eigenvalue weighted by Crippen LogP contribution is -2.18. The van der Waals surface area contributed by atoms with Crippen LogP contribution in [-0.2, 0) is 11.3 Å². The molecule has 2 N–H and O–H groups in total. The zero-order chi connectivity index (χ0) is 11.4. The number of nitrogens with one attached hydrogen (secondary N) is 2. The Hall–Kier alpha value is -1.03. The molecular formula is C12H15ClN2O. The standard InChI is InChI=1S/C12H15ClN2O/c1-16-5-4-14-7-9-8-15-12-6-10(13)2-3-11(9)12/h2-3,6,8,14-15H,4-5,7H2,1H3. The second-order valence-corrected chi connectivity index (χ2v) is 4.11. The molecule has 0 spiro atoms. The molecule has 0 saturated heterocycles. The van der Waals surface area contributed by atoms with Gasteiger partial charge in [-0.05, 0) is 17.7 Å².